The highest BCUT2D eigenvalue weighted by Crippen LogP contribution is 2.05. The number of rotatable bonds is 5. The van der Waals surface area contributed by atoms with Crippen molar-refractivity contribution in [1.82, 2.24) is 5.32 Å². The summed E-state index contributed by atoms with van der Waals surface area (Å²) in [4.78, 5) is 11.4. The molecule has 0 aliphatic heterocycles. The Balaban J connectivity index is 4.10. The van der Waals surface area contributed by atoms with Crippen LogP contribution in [0.25, 0.3) is 0 Å². The normalized spacial score (nSPS) is 19.6. The van der Waals surface area contributed by atoms with Crippen LogP contribution >= 0.6 is 0 Å². The van der Waals surface area contributed by atoms with E-state index in [1.165, 1.54) is 6.92 Å². The molecule has 0 aromatic heterocycles. The first-order valence-corrected chi connectivity index (χ1v) is 4.65. The van der Waals surface area contributed by atoms with Crippen molar-refractivity contribution in [2.75, 3.05) is 13.2 Å². The van der Waals surface area contributed by atoms with Gasteiger partial charge in [-0.15, -0.1) is 0 Å². The van der Waals surface area contributed by atoms with E-state index in [1.54, 1.807) is 6.92 Å². The van der Waals surface area contributed by atoms with Gasteiger partial charge >= 0.3 is 0 Å². The van der Waals surface area contributed by atoms with Gasteiger partial charge in [0.1, 0.15) is 5.60 Å². The molecule has 0 fully saturated rings. The lowest BCUT2D eigenvalue weighted by atomic mass is 9.99. The van der Waals surface area contributed by atoms with E-state index >= 15 is 0 Å². The summed E-state index contributed by atoms with van der Waals surface area (Å²) < 4.78 is 0. The van der Waals surface area contributed by atoms with Crippen LogP contribution in [0.2, 0.25) is 0 Å². The summed E-state index contributed by atoms with van der Waals surface area (Å²) in [5.74, 6) is -0.325. The molecule has 0 radical (unpaired) electrons. The number of carbonyl (C=O) groups excluding carboxylic acids is 1. The average Bonchev–Trinajstić information content (AvgIpc) is 2.14. The third-order valence-electron chi connectivity index (χ3n) is 2.22. The Kier molecular flexibility index (Phi) is 4.51. The molecular weight excluding hydrogens is 184 g/mol. The van der Waals surface area contributed by atoms with E-state index in [0.29, 0.717) is 6.42 Å². The SMILES string of the molecule is CCC(C)(N)C(=O)NCC(C)(O)CO. The van der Waals surface area contributed by atoms with Gasteiger partial charge in [0.15, 0.2) is 0 Å². The summed E-state index contributed by atoms with van der Waals surface area (Å²) in [6, 6.07) is 0. The highest BCUT2D eigenvalue weighted by Gasteiger charge is 2.28. The van der Waals surface area contributed by atoms with E-state index in [1.807, 2.05) is 6.92 Å². The maximum Gasteiger partial charge on any atom is 0.239 e. The Hall–Kier alpha value is -0.650. The van der Waals surface area contributed by atoms with Gasteiger partial charge in [0.2, 0.25) is 5.91 Å². The van der Waals surface area contributed by atoms with Gasteiger partial charge in [-0.1, -0.05) is 6.92 Å². The third kappa shape index (κ3) is 4.04. The van der Waals surface area contributed by atoms with Crippen LogP contribution in [0, 0.1) is 0 Å². The van der Waals surface area contributed by atoms with Crippen molar-refractivity contribution in [1.29, 1.82) is 0 Å². The minimum atomic E-state index is -1.29. The summed E-state index contributed by atoms with van der Waals surface area (Å²) in [6.07, 6.45) is 0.514. The van der Waals surface area contributed by atoms with Crippen LogP contribution < -0.4 is 11.1 Å². The van der Waals surface area contributed by atoms with E-state index in [0.717, 1.165) is 0 Å². The molecule has 5 heteroatoms. The van der Waals surface area contributed by atoms with Crippen LogP contribution in [-0.2, 0) is 4.79 Å². The van der Waals surface area contributed by atoms with Gasteiger partial charge in [-0.2, -0.15) is 0 Å². The van der Waals surface area contributed by atoms with E-state index in [-0.39, 0.29) is 12.5 Å². The second-order valence-electron chi connectivity index (χ2n) is 4.11. The van der Waals surface area contributed by atoms with Crippen molar-refractivity contribution in [2.45, 2.75) is 38.3 Å². The fourth-order valence-electron chi connectivity index (χ4n) is 0.689. The van der Waals surface area contributed by atoms with Gasteiger partial charge < -0.3 is 21.3 Å². The smallest absolute Gasteiger partial charge is 0.239 e. The number of amides is 1. The van der Waals surface area contributed by atoms with E-state index in [4.69, 9.17) is 10.8 Å². The number of aliphatic hydroxyl groups excluding tert-OH is 1. The van der Waals surface area contributed by atoms with Crippen molar-refractivity contribution >= 4 is 5.91 Å². The van der Waals surface area contributed by atoms with Gasteiger partial charge in [-0.05, 0) is 20.3 Å². The van der Waals surface area contributed by atoms with Gasteiger partial charge in [0.25, 0.3) is 0 Å². The highest BCUT2D eigenvalue weighted by molar-refractivity contribution is 5.85. The highest BCUT2D eigenvalue weighted by atomic mass is 16.3. The molecule has 0 spiro atoms. The molecule has 1 amide bonds. The Labute approximate surface area is 84.3 Å². The second kappa shape index (κ2) is 4.72. The standard InChI is InChI=1S/C9H20N2O3/c1-4-9(3,10)7(13)11-5-8(2,14)6-12/h12,14H,4-6,10H2,1-3H3,(H,11,13). The van der Waals surface area contributed by atoms with Crippen LogP contribution in [0.4, 0.5) is 0 Å². The summed E-state index contributed by atoms with van der Waals surface area (Å²) in [5, 5.41) is 20.6. The minimum Gasteiger partial charge on any atom is -0.393 e. The lowest BCUT2D eigenvalue weighted by molar-refractivity contribution is -0.127. The molecule has 0 heterocycles. The topological polar surface area (TPSA) is 95.6 Å². The molecule has 5 nitrogen and oxygen atoms in total. The molecule has 0 aliphatic rings. The van der Waals surface area contributed by atoms with E-state index in [9.17, 15) is 9.90 Å². The first-order valence-electron chi connectivity index (χ1n) is 4.65. The lowest BCUT2D eigenvalue weighted by Crippen LogP contribution is -2.54. The van der Waals surface area contributed by atoms with Crippen LogP contribution in [-0.4, -0.2) is 40.4 Å². The number of nitrogens with one attached hydrogen (secondary N) is 1. The molecule has 0 aliphatic carbocycles. The molecule has 14 heavy (non-hydrogen) atoms. The number of hydrogen-bond donors (Lipinski definition) is 4. The number of hydrogen-bond acceptors (Lipinski definition) is 4. The zero-order valence-corrected chi connectivity index (χ0v) is 9.00. The Morgan fingerprint density at radius 1 is 1.50 bits per heavy atom. The van der Waals surface area contributed by atoms with Crippen molar-refractivity contribution in [3.63, 3.8) is 0 Å². The molecule has 2 atom stereocenters. The quantitative estimate of drug-likeness (QED) is 0.460. The molecule has 5 N–H and O–H groups in total. The van der Waals surface area contributed by atoms with Crippen molar-refractivity contribution in [2.24, 2.45) is 5.73 Å². The second-order valence-corrected chi connectivity index (χ2v) is 4.11. The zero-order chi connectivity index (χ0) is 11.4. The minimum absolute atomic E-state index is 0.00484. The molecule has 0 saturated carbocycles. The summed E-state index contributed by atoms with van der Waals surface area (Å²) in [7, 11) is 0. The lowest BCUT2D eigenvalue weighted by Gasteiger charge is -2.26. The molecule has 84 valence electrons. The van der Waals surface area contributed by atoms with Crippen molar-refractivity contribution in [3.05, 3.63) is 0 Å². The maximum absolute atomic E-state index is 11.4. The number of carbonyl (C=O) groups is 1. The fourth-order valence-corrected chi connectivity index (χ4v) is 0.689. The monoisotopic (exact) mass is 204 g/mol. The van der Waals surface area contributed by atoms with Gasteiger partial charge in [-0.25, -0.2) is 0 Å². The molecule has 0 aromatic carbocycles. The van der Waals surface area contributed by atoms with E-state index in [2.05, 4.69) is 5.32 Å². The third-order valence-corrected chi connectivity index (χ3v) is 2.22. The van der Waals surface area contributed by atoms with Crippen LogP contribution in [0.1, 0.15) is 27.2 Å². The van der Waals surface area contributed by atoms with Crippen LogP contribution in [0.5, 0.6) is 0 Å². The average molecular weight is 204 g/mol. The summed E-state index contributed by atoms with van der Waals surface area (Å²) in [6.45, 7) is 4.46. The van der Waals surface area contributed by atoms with Crippen LogP contribution in [0.3, 0.4) is 0 Å². The number of nitrogens with two attached hydrogens (primary N) is 1. The van der Waals surface area contributed by atoms with Gasteiger partial charge in [0.05, 0.1) is 12.1 Å². The van der Waals surface area contributed by atoms with Crippen molar-refractivity contribution in [3.8, 4) is 0 Å². The summed E-state index contributed by atoms with van der Waals surface area (Å²) >= 11 is 0. The molecular formula is C9H20N2O3. The Morgan fingerprint density at radius 2 is 2.00 bits per heavy atom. The van der Waals surface area contributed by atoms with Gasteiger partial charge in [0, 0.05) is 6.54 Å². The van der Waals surface area contributed by atoms with Crippen molar-refractivity contribution < 1.29 is 15.0 Å². The van der Waals surface area contributed by atoms with Gasteiger partial charge in [-0.3, -0.25) is 4.79 Å². The Morgan fingerprint density at radius 3 is 2.36 bits per heavy atom. The molecule has 2 unspecified atom stereocenters. The zero-order valence-electron chi connectivity index (χ0n) is 9.00. The van der Waals surface area contributed by atoms with E-state index < -0.39 is 17.7 Å². The largest absolute Gasteiger partial charge is 0.393 e. The molecule has 0 bridgehead atoms. The fraction of sp³-hybridized carbons (Fsp3) is 0.889. The first kappa shape index (κ1) is 13.4. The molecule has 0 saturated heterocycles. The van der Waals surface area contributed by atoms with Crippen LogP contribution in [0.15, 0.2) is 0 Å². The predicted molar refractivity (Wildman–Crippen MR) is 53.6 cm³/mol. The first-order chi connectivity index (χ1) is 6.25. The number of aliphatic hydroxyl groups is 2. The summed E-state index contributed by atoms with van der Waals surface area (Å²) in [5.41, 5.74) is 3.46. The molecule has 0 aromatic rings. The maximum atomic E-state index is 11.4. The molecule has 0 rings (SSSR count). The Bertz CT molecular complexity index is 202. The predicted octanol–water partition coefficient (Wildman–Crippen LogP) is -1.03.